The van der Waals surface area contributed by atoms with E-state index in [9.17, 15) is 9.59 Å². The van der Waals surface area contributed by atoms with E-state index in [0.717, 1.165) is 19.3 Å². The summed E-state index contributed by atoms with van der Waals surface area (Å²) in [5, 5.41) is 7.78. The van der Waals surface area contributed by atoms with Gasteiger partial charge in [-0.25, -0.2) is 9.59 Å². The first-order valence-corrected chi connectivity index (χ1v) is 6.32. The maximum absolute atomic E-state index is 11.6. The van der Waals surface area contributed by atoms with E-state index in [1.165, 1.54) is 18.4 Å². The number of carbonyl (C=O) groups is 2. The highest BCUT2D eigenvalue weighted by Crippen LogP contribution is 2.24. The van der Waals surface area contributed by atoms with Gasteiger partial charge in [-0.05, 0) is 30.7 Å². The number of carbonyl (C=O) groups excluding carboxylic acids is 2. The maximum Gasteiger partial charge on any atom is 0.340 e. The third kappa shape index (κ3) is 2.76. The van der Waals surface area contributed by atoms with Crippen LogP contribution in [0.1, 0.15) is 29.6 Å². The van der Waals surface area contributed by atoms with Crippen molar-refractivity contribution in [2.75, 3.05) is 12.4 Å². The summed E-state index contributed by atoms with van der Waals surface area (Å²) in [6.45, 7) is 0. The fourth-order valence-electron chi connectivity index (χ4n) is 1.55. The van der Waals surface area contributed by atoms with Crippen molar-refractivity contribution in [2.45, 2.75) is 25.3 Å². The average Bonchev–Trinajstić information content (AvgIpc) is 2.70. The predicted octanol–water partition coefficient (Wildman–Crippen LogP) is 2.21. The normalized spacial score (nSPS) is 14.9. The molecule has 17 heavy (non-hydrogen) atoms. The highest BCUT2D eigenvalue weighted by Gasteiger charge is 2.21. The van der Waals surface area contributed by atoms with Gasteiger partial charge in [-0.3, -0.25) is 5.32 Å². The van der Waals surface area contributed by atoms with Crippen molar-refractivity contribution in [2.24, 2.45) is 0 Å². The smallest absolute Gasteiger partial charge is 0.340 e. The summed E-state index contributed by atoms with van der Waals surface area (Å²) in [7, 11) is 1.32. The number of urea groups is 1. The molecule has 1 aromatic rings. The van der Waals surface area contributed by atoms with Gasteiger partial charge < -0.3 is 10.1 Å². The molecule has 0 aliphatic heterocycles. The van der Waals surface area contributed by atoms with Crippen LogP contribution in [0.25, 0.3) is 0 Å². The predicted molar refractivity (Wildman–Crippen MR) is 65.5 cm³/mol. The number of amides is 2. The van der Waals surface area contributed by atoms with Gasteiger partial charge in [-0.2, -0.15) is 0 Å². The molecule has 1 aliphatic rings. The van der Waals surface area contributed by atoms with Crippen molar-refractivity contribution in [1.29, 1.82) is 0 Å². The molecule has 0 atom stereocenters. The minimum Gasteiger partial charge on any atom is -0.465 e. The summed E-state index contributed by atoms with van der Waals surface area (Å²) in [6, 6.07) is 1.65. The second kappa shape index (κ2) is 5.18. The maximum atomic E-state index is 11.6. The molecule has 1 saturated carbocycles. The molecule has 0 bridgehead atoms. The topological polar surface area (TPSA) is 67.4 Å². The second-order valence-electron chi connectivity index (χ2n) is 3.88. The van der Waals surface area contributed by atoms with Crippen LogP contribution in [0.15, 0.2) is 11.4 Å². The van der Waals surface area contributed by atoms with Crippen molar-refractivity contribution in [3.8, 4) is 0 Å². The fourth-order valence-corrected chi connectivity index (χ4v) is 2.32. The van der Waals surface area contributed by atoms with Crippen LogP contribution in [0.2, 0.25) is 0 Å². The van der Waals surface area contributed by atoms with E-state index in [-0.39, 0.29) is 12.1 Å². The first-order valence-electron chi connectivity index (χ1n) is 5.44. The Balaban J connectivity index is 1.95. The first-order chi connectivity index (χ1) is 8.20. The average molecular weight is 254 g/mol. The zero-order valence-electron chi connectivity index (χ0n) is 9.49. The Bertz CT molecular complexity index is 426. The van der Waals surface area contributed by atoms with Gasteiger partial charge in [-0.15, -0.1) is 11.3 Å². The highest BCUT2D eigenvalue weighted by atomic mass is 32.1. The van der Waals surface area contributed by atoms with Gasteiger partial charge in [-0.1, -0.05) is 0 Å². The van der Waals surface area contributed by atoms with Gasteiger partial charge >= 0.3 is 12.0 Å². The summed E-state index contributed by atoms with van der Waals surface area (Å²) in [6.07, 6.45) is 3.22. The molecule has 1 heterocycles. The molecule has 2 rings (SSSR count). The Labute approximate surface area is 103 Å². The number of anilines is 1. The lowest BCUT2D eigenvalue weighted by Gasteiger charge is -2.26. The Morgan fingerprint density at radius 2 is 2.24 bits per heavy atom. The van der Waals surface area contributed by atoms with Crippen molar-refractivity contribution in [3.05, 3.63) is 17.0 Å². The fraction of sp³-hybridized carbons (Fsp3) is 0.455. The van der Waals surface area contributed by atoms with Gasteiger partial charge in [0.2, 0.25) is 0 Å². The van der Waals surface area contributed by atoms with Crippen LogP contribution in [0.5, 0.6) is 0 Å². The van der Waals surface area contributed by atoms with Crippen LogP contribution in [-0.2, 0) is 4.74 Å². The minimum atomic E-state index is -0.440. The van der Waals surface area contributed by atoms with Crippen molar-refractivity contribution >= 4 is 28.3 Å². The van der Waals surface area contributed by atoms with E-state index >= 15 is 0 Å². The second-order valence-corrected chi connectivity index (χ2v) is 4.80. The number of methoxy groups -OCH3 is 1. The Hall–Kier alpha value is -1.56. The van der Waals surface area contributed by atoms with Gasteiger partial charge in [0.15, 0.2) is 0 Å². The molecule has 6 heteroatoms. The Morgan fingerprint density at radius 3 is 2.82 bits per heavy atom. The van der Waals surface area contributed by atoms with Crippen LogP contribution in [0, 0.1) is 0 Å². The molecule has 5 nitrogen and oxygen atoms in total. The van der Waals surface area contributed by atoms with E-state index in [2.05, 4.69) is 15.4 Å². The van der Waals surface area contributed by atoms with Crippen LogP contribution in [0.4, 0.5) is 9.80 Å². The first kappa shape index (κ1) is 11.9. The molecule has 0 spiro atoms. The van der Waals surface area contributed by atoms with Crippen LogP contribution < -0.4 is 10.6 Å². The molecule has 1 aliphatic carbocycles. The minimum absolute atomic E-state index is 0.262. The van der Waals surface area contributed by atoms with Gasteiger partial charge in [0.1, 0.15) is 5.00 Å². The summed E-state index contributed by atoms with van der Waals surface area (Å²) in [5.41, 5.74) is 0.390. The number of esters is 1. The SMILES string of the molecule is COC(=O)c1ccsc1NC(=O)NC1CCC1. The van der Waals surface area contributed by atoms with E-state index in [1.54, 1.807) is 11.4 Å². The quantitative estimate of drug-likeness (QED) is 0.813. The van der Waals surface area contributed by atoms with E-state index in [4.69, 9.17) is 0 Å². The van der Waals surface area contributed by atoms with Crippen LogP contribution in [-0.4, -0.2) is 25.2 Å². The lowest BCUT2D eigenvalue weighted by Crippen LogP contribution is -2.41. The third-order valence-electron chi connectivity index (χ3n) is 2.74. The molecule has 2 amide bonds. The van der Waals surface area contributed by atoms with Gasteiger partial charge in [0.25, 0.3) is 0 Å². The van der Waals surface area contributed by atoms with E-state index in [1.807, 2.05) is 0 Å². The summed E-state index contributed by atoms with van der Waals surface area (Å²) >= 11 is 1.30. The summed E-state index contributed by atoms with van der Waals surface area (Å²) < 4.78 is 4.63. The van der Waals surface area contributed by atoms with Crippen molar-refractivity contribution < 1.29 is 14.3 Å². The standard InChI is InChI=1S/C11H14N2O3S/c1-16-10(14)8-5-6-17-9(8)13-11(15)12-7-3-2-4-7/h5-7H,2-4H2,1H3,(H2,12,13,15). The molecule has 0 aromatic carbocycles. The monoisotopic (exact) mass is 254 g/mol. The van der Waals surface area contributed by atoms with Gasteiger partial charge in [0, 0.05) is 6.04 Å². The molecule has 92 valence electrons. The largest absolute Gasteiger partial charge is 0.465 e. The van der Waals surface area contributed by atoms with Crippen LogP contribution >= 0.6 is 11.3 Å². The van der Waals surface area contributed by atoms with Gasteiger partial charge in [0.05, 0.1) is 12.7 Å². The zero-order chi connectivity index (χ0) is 12.3. The summed E-state index contributed by atoms with van der Waals surface area (Å²) in [4.78, 5) is 23.0. The molecule has 0 saturated heterocycles. The van der Waals surface area contributed by atoms with Crippen LogP contribution in [0.3, 0.4) is 0 Å². The van der Waals surface area contributed by atoms with E-state index < -0.39 is 5.97 Å². The number of thiophene rings is 1. The lowest BCUT2D eigenvalue weighted by atomic mass is 9.93. The third-order valence-corrected chi connectivity index (χ3v) is 3.57. The zero-order valence-corrected chi connectivity index (χ0v) is 10.3. The molecule has 1 aromatic heterocycles. The molecule has 0 radical (unpaired) electrons. The summed E-state index contributed by atoms with van der Waals surface area (Å²) in [5.74, 6) is -0.440. The Morgan fingerprint density at radius 1 is 1.47 bits per heavy atom. The molecule has 2 N–H and O–H groups in total. The Kier molecular flexibility index (Phi) is 3.63. The number of hydrogen-bond acceptors (Lipinski definition) is 4. The molecular weight excluding hydrogens is 240 g/mol. The lowest BCUT2D eigenvalue weighted by molar-refractivity contribution is 0.0602. The molecule has 0 unspecified atom stereocenters. The highest BCUT2D eigenvalue weighted by molar-refractivity contribution is 7.14. The van der Waals surface area contributed by atoms with Crippen molar-refractivity contribution in [1.82, 2.24) is 5.32 Å². The number of rotatable bonds is 3. The van der Waals surface area contributed by atoms with E-state index in [0.29, 0.717) is 10.6 Å². The molecular formula is C11H14N2O3S. The van der Waals surface area contributed by atoms with Crippen molar-refractivity contribution in [3.63, 3.8) is 0 Å². The molecule has 1 fully saturated rings. The number of hydrogen-bond donors (Lipinski definition) is 2. The number of ether oxygens (including phenoxy) is 1. The number of nitrogens with one attached hydrogen (secondary N) is 2.